The highest BCUT2D eigenvalue weighted by molar-refractivity contribution is 5.94. The molecule has 1 fully saturated rings. The normalized spacial score (nSPS) is 15.0. The summed E-state index contributed by atoms with van der Waals surface area (Å²) in [6.45, 7) is 2.28. The average molecular weight is 396 g/mol. The van der Waals surface area contributed by atoms with Gasteiger partial charge in [-0.3, -0.25) is 14.9 Å². The Morgan fingerprint density at radius 3 is 2.66 bits per heavy atom. The van der Waals surface area contributed by atoms with Gasteiger partial charge in [0.15, 0.2) is 0 Å². The summed E-state index contributed by atoms with van der Waals surface area (Å²) in [5.74, 6) is 5.71. The Hall–Kier alpha value is -3.43. The molecule has 0 bridgehead atoms. The Labute approximate surface area is 166 Å². The van der Waals surface area contributed by atoms with E-state index in [-0.39, 0.29) is 11.7 Å². The molecular formula is C20H21FN6O2. The number of nitrogens with two attached hydrogens (primary N) is 2. The van der Waals surface area contributed by atoms with Crippen LogP contribution in [0.25, 0.3) is 16.6 Å². The minimum Gasteiger partial charge on any atom is -0.396 e. The number of hydrogen-bond acceptors (Lipinski definition) is 6. The van der Waals surface area contributed by atoms with Crippen LogP contribution in [0.15, 0.2) is 48.7 Å². The number of rotatable bonds is 4. The van der Waals surface area contributed by atoms with Crippen LogP contribution in [0.1, 0.15) is 16.1 Å². The van der Waals surface area contributed by atoms with Crippen molar-refractivity contribution >= 4 is 28.2 Å². The second kappa shape index (κ2) is 7.90. The summed E-state index contributed by atoms with van der Waals surface area (Å²) in [7, 11) is 0. The standard InChI is InChI=1S/C20H21FN6O2/c21-14-3-6-16-18(11-14)24-25-19(16)17(22)12-27(23)15-4-1-13(2-5-15)20(28)26-7-9-29-10-8-26/h1-6,11-12H,7-10,22-23H2,(H,24,25)/b17-12-. The number of anilines is 1. The molecule has 0 aliphatic carbocycles. The molecule has 9 heteroatoms. The van der Waals surface area contributed by atoms with Crippen molar-refractivity contribution in [2.45, 2.75) is 0 Å². The van der Waals surface area contributed by atoms with E-state index in [1.807, 2.05) is 0 Å². The number of nitrogens with zero attached hydrogens (tertiary/aromatic N) is 3. The minimum absolute atomic E-state index is 0.0336. The first kappa shape index (κ1) is 18.9. The first-order valence-corrected chi connectivity index (χ1v) is 9.15. The maximum Gasteiger partial charge on any atom is 0.254 e. The molecule has 0 unspecified atom stereocenters. The summed E-state index contributed by atoms with van der Waals surface area (Å²) in [6, 6.07) is 11.2. The minimum atomic E-state index is -0.359. The monoisotopic (exact) mass is 396 g/mol. The van der Waals surface area contributed by atoms with Crippen LogP contribution in [0.4, 0.5) is 10.1 Å². The van der Waals surface area contributed by atoms with E-state index in [9.17, 15) is 9.18 Å². The number of aromatic nitrogens is 2. The number of hydrogen-bond donors (Lipinski definition) is 3. The predicted molar refractivity (Wildman–Crippen MR) is 108 cm³/mol. The molecule has 0 spiro atoms. The first-order valence-electron chi connectivity index (χ1n) is 9.15. The third-order valence-corrected chi connectivity index (χ3v) is 4.79. The van der Waals surface area contributed by atoms with Crippen molar-refractivity contribution in [3.63, 3.8) is 0 Å². The fraction of sp³-hybridized carbons (Fsp3) is 0.200. The van der Waals surface area contributed by atoms with Crippen LogP contribution in [0, 0.1) is 5.82 Å². The van der Waals surface area contributed by atoms with Gasteiger partial charge in [-0.25, -0.2) is 10.2 Å². The Morgan fingerprint density at radius 1 is 1.21 bits per heavy atom. The second-order valence-corrected chi connectivity index (χ2v) is 6.71. The quantitative estimate of drug-likeness (QED) is 0.458. The summed E-state index contributed by atoms with van der Waals surface area (Å²) in [6.07, 6.45) is 1.53. The highest BCUT2D eigenvalue weighted by Crippen LogP contribution is 2.22. The Bertz CT molecular complexity index is 1060. The van der Waals surface area contributed by atoms with Gasteiger partial charge in [0.25, 0.3) is 5.91 Å². The molecule has 0 atom stereocenters. The van der Waals surface area contributed by atoms with Crippen LogP contribution >= 0.6 is 0 Å². The first-order chi connectivity index (χ1) is 14.0. The fourth-order valence-electron chi connectivity index (χ4n) is 3.22. The number of carbonyl (C=O) groups is 1. The van der Waals surface area contributed by atoms with E-state index in [1.54, 1.807) is 35.2 Å². The number of morpholine rings is 1. The van der Waals surface area contributed by atoms with Crippen LogP contribution in [-0.4, -0.2) is 47.3 Å². The molecule has 0 saturated carbocycles. The van der Waals surface area contributed by atoms with E-state index in [1.165, 1.54) is 23.3 Å². The fourth-order valence-corrected chi connectivity index (χ4v) is 3.22. The van der Waals surface area contributed by atoms with E-state index >= 15 is 0 Å². The van der Waals surface area contributed by atoms with Gasteiger partial charge in [-0.15, -0.1) is 0 Å². The Balaban J connectivity index is 1.51. The molecule has 8 nitrogen and oxygen atoms in total. The molecular weight excluding hydrogens is 375 g/mol. The predicted octanol–water partition coefficient (Wildman–Crippen LogP) is 1.81. The van der Waals surface area contributed by atoms with Gasteiger partial charge >= 0.3 is 0 Å². The van der Waals surface area contributed by atoms with Crippen molar-refractivity contribution in [1.82, 2.24) is 15.1 Å². The zero-order chi connectivity index (χ0) is 20.4. The molecule has 0 radical (unpaired) electrons. The van der Waals surface area contributed by atoms with Crippen molar-refractivity contribution in [3.05, 3.63) is 65.7 Å². The number of carbonyl (C=O) groups excluding carboxylic acids is 1. The highest BCUT2D eigenvalue weighted by Gasteiger charge is 2.18. The summed E-state index contributed by atoms with van der Waals surface area (Å²) >= 11 is 0. The molecule has 1 amide bonds. The van der Waals surface area contributed by atoms with Crippen LogP contribution in [0.5, 0.6) is 0 Å². The van der Waals surface area contributed by atoms with Crippen LogP contribution in [0.3, 0.4) is 0 Å². The second-order valence-electron chi connectivity index (χ2n) is 6.71. The van der Waals surface area contributed by atoms with Crippen molar-refractivity contribution in [2.75, 3.05) is 31.3 Å². The number of H-pyrrole nitrogens is 1. The molecule has 1 aromatic heterocycles. The van der Waals surface area contributed by atoms with Crippen molar-refractivity contribution in [1.29, 1.82) is 0 Å². The topological polar surface area (TPSA) is 114 Å². The molecule has 1 aliphatic heterocycles. The summed E-state index contributed by atoms with van der Waals surface area (Å²) in [5.41, 5.74) is 8.73. The van der Waals surface area contributed by atoms with Gasteiger partial charge in [-0.05, 0) is 42.5 Å². The van der Waals surface area contributed by atoms with Gasteiger partial charge in [0.05, 0.1) is 30.1 Å². The number of nitrogens with one attached hydrogen (secondary N) is 1. The van der Waals surface area contributed by atoms with Crippen LogP contribution in [0.2, 0.25) is 0 Å². The van der Waals surface area contributed by atoms with Gasteiger partial charge in [0.1, 0.15) is 11.5 Å². The van der Waals surface area contributed by atoms with Gasteiger partial charge < -0.3 is 15.4 Å². The van der Waals surface area contributed by atoms with E-state index < -0.39 is 0 Å². The summed E-state index contributed by atoms with van der Waals surface area (Å²) in [5, 5.41) is 8.94. The van der Waals surface area contributed by atoms with Gasteiger partial charge in [-0.1, -0.05) is 0 Å². The Kier molecular flexibility index (Phi) is 5.15. The zero-order valence-electron chi connectivity index (χ0n) is 15.6. The summed E-state index contributed by atoms with van der Waals surface area (Å²) < 4.78 is 18.6. The van der Waals surface area contributed by atoms with Gasteiger partial charge in [0.2, 0.25) is 0 Å². The summed E-state index contributed by atoms with van der Waals surface area (Å²) in [4.78, 5) is 14.3. The van der Waals surface area contributed by atoms with Gasteiger partial charge in [-0.2, -0.15) is 5.10 Å². The van der Waals surface area contributed by atoms with Crippen molar-refractivity contribution in [3.8, 4) is 0 Å². The van der Waals surface area contributed by atoms with Crippen LogP contribution < -0.4 is 16.6 Å². The van der Waals surface area contributed by atoms with Crippen molar-refractivity contribution in [2.24, 2.45) is 11.6 Å². The molecule has 5 N–H and O–H groups in total. The molecule has 1 saturated heterocycles. The van der Waals surface area contributed by atoms with E-state index in [0.717, 1.165) is 0 Å². The third kappa shape index (κ3) is 3.91. The molecule has 1 aliphatic rings. The molecule has 2 aromatic carbocycles. The largest absolute Gasteiger partial charge is 0.396 e. The highest BCUT2D eigenvalue weighted by atomic mass is 19.1. The molecule has 3 aromatic rings. The number of hydrazine groups is 1. The molecule has 4 rings (SSSR count). The zero-order valence-corrected chi connectivity index (χ0v) is 15.6. The lowest BCUT2D eigenvalue weighted by Crippen LogP contribution is -2.40. The lowest BCUT2D eigenvalue weighted by atomic mass is 10.1. The van der Waals surface area contributed by atoms with E-state index in [4.69, 9.17) is 16.3 Å². The number of benzene rings is 2. The van der Waals surface area contributed by atoms with Crippen LogP contribution in [-0.2, 0) is 4.74 Å². The number of aromatic amines is 1. The van der Waals surface area contributed by atoms with Gasteiger partial charge in [0, 0.05) is 30.2 Å². The molecule has 150 valence electrons. The number of fused-ring (bicyclic) bond motifs is 1. The molecule has 29 heavy (non-hydrogen) atoms. The lowest BCUT2D eigenvalue weighted by molar-refractivity contribution is 0.0303. The maximum absolute atomic E-state index is 13.3. The van der Waals surface area contributed by atoms with E-state index in [2.05, 4.69) is 10.2 Å². The Morgan fingerprint density at radius 2 is 1.93 bits per heavy atom. The lowest BCUT2D eigenvalue weighted by Gasteiger charge is -2.27. The number of ether oxygens (including phenoxy) is 1. The number of halogens is 1. The number of amides is 1. The van der Waals surface area contributed by atoms with E-state index in [0.29, 0.717) is 59.8 Å². The van der Waals surface area contributed by atoms with Crippen molar-refractivity contribution < 1.29 is 13.9 Å². The maximum atomic E-state index is 13.3. The molecule has 2 heterocycles. The average Bonchev–Trinajstić information content (AvgIpc) is 3.17. The smallest absolute Gasteiger partial charge is 0.254 e. The SMILES string of the molecule is N/C(=C\N(N)c1ccc(C(=O)N2CCOCC2)cc1)c1n[nH]c2cc(F)ccc12. The third-order valence-electron chi connectivity index (χ3n) is 4.79.